The molecule has 0 bridgehead atoms. The lowest BCUT2D eigenvalue weighted by Gasteiger charge is -2.07. The monoisotopic (exact) mass is 319 g/mol. The van der Waals surface area contributed by atoms with Gasteiger partial charge in [0.1, 0.15) is 0 Å². The van der Waals surface area contributed by atoms with Crippen LogP contribution in [0.3, 0.4) is 0 Å². The van der Waals surface area contributed by atoms with Crippen molar-refractivity contribution in [2.75, 3.05) is 19.5 Å². The Balaban J connectivity index is 2.18. The van der Waals surface area contributed by atoms with Gasteiger partial charge in [0.25, 0.3) is 0 Å². The summed E-state index contributed by atoms with van der Waals surface area (Å²) in [5.41, 5.74) is 1.41. The molecule has 0 fully saturated rings. The average molecular weight is 319 g/mol. The first-order chi connectivity index (χ1) is 10.6. The summed E-state index contributed by atoms with van der Waals surface area (Å²) in [6.45, 7) is 0.692. The van der Waals surface area contributed by atoms with Gasteiger partial charge in [0.15, 0.2) is 5.43 Å². The van der Waals surface area contributed by atoms with Gasteiger partial charge in [0.2, 0.25) is 0 Å². The van der Waals surface area contributed by atoms with Crippen LogP contribution in [0.1, 0.15) is 12.8 Å². The molecule has 0 spiro atoms. The van der Waals surface area contributed by atoms with Crippen molar-refractivity contribution in [1.82, 2.24) is 4.57 Å². The first kappa shape index (κ1) is 16.6. The van der Waals surface area contributed by atoms with Crippen molar-refractivity contribution in [3.8, 4) is 11.1 Å². The van der Waals surface area contributed by atoms with Crippen LogP contribution in [0, 0.1) is 0 Å². The Labute approximate surface area is 133 Å². The molecular formula is C17H21NO3S. The fourth-order valence-corrected chi connectivity index (χ4v) is 3.40. The van der Waals surface area contributed by atoms with E-state index in [2.05, 4.69) is 0 Å². The van der Waals surface area contributed by atoms with Gasteiger partial charge in [0, 0.05) is 55.4 Å². The van der Waals surface area contributed by atoms with Gasteiger partial charge in [-0.1, -0.05) is 12.1 Å². The standard InChI is InChI=1S/C17H21NO3S/c1-18-9-8-17(19)16(13-18)14-6-5-7-15(12-14)22(20)11-4-3-10-21-2/h5-9,12-13H,3-4,10-11H2,1-2H3. The van der Waals surface area contributed by atoms with Crippen LogP contribution in [-0.4, -0.2) is 28.2 Å². The molecule has 2 aromatic rings. The largest absolute Gasteiger partial charge is 0.385 e. The molecule has 0 amide bonds. The second-order valence-electron chi connectivity index (χ2n) is 5.17. The van der Waals surface area contributed by atoms with Crippen molar-refractivity contribution in [3.63, 3.8) is 0 Å². The molecule has 118 valence electrons. The molecule has 1 aromatic heterocycles. The lowest BCUT2D eigenvalue weighted by molar-refractivity contribution is 0.194. The van der Waals surface area contributed by atoms with E-state index < -0.39 is 10.8 Å². The van der Waals surface area contributed by atoms with E-state index in [1.807, 2.05) is 35.9 Å². The molecule has 0 aliphatic carbocycles. The molecular weight excluding hydrogens is 298 g/mol. The minimum Gasteiger partial charge on any atom is -0.385 e. The van der Waals surface area contributed by atoms with Gasteiger partial charge >= 0.3 is 0 Å². The number of hydrogen-bond donors (Lipinski definition) is 0. The molecule has 0 radical (unpaired) electrons. The Bertz CT molecular complexity index is 709. The predicted octanol–water partition coefficient (Wildman–Crippen LogP) is 2.59. The molecule has 2 rings (SSSR count). The van der Waals surface area contributed by atoms with Crippen LogP contribution in [0.2, 0.25) is 0 Å². The first-order valence-corrected chi connectivity index (χ1v) is 8.58. The minimum absolute atomic E-state index is 0.0267. The fourth-order valence-electron chi connectivity index (χ4n) is 2.20. The molecule has 0 N–H and O–H groups in total. The summed E-state index contributed by atoms with van der Waals surface area (Å²) < 4.78 is 19.2. The quantitative estimate of drug-likeness (QED) is 0.737. The molecule has 1 aromatic carbocycles. The zero-order valence-corrected chi connectivity index (χ0v) is 13.8. The molecule has 5 heteroatoms. The molecule has 0 aliphatic rings. The average Bonchev–Trinajstić information content (AvgIpc) is 2.54. The highest BCUT2D eigenvalue weighted by Crippen LogP contribution is 2.19. The molecule has 0 saturated carbocycles. The minimum atomic E-state index is -1.05. The van der Waals surface area contributed by atoms with Crippen LogP contribution < -0.4 is 5.43 Å². The zero-order valence-electron chi connectivity index (χ0n) is 13.0. The third-order valence-electron chi connectivity index (χ3n) is 3.40. The molecule has 4 nitrogen and oxygen atoms in total. The zero-order chi connectivity index (χ0) is 15.9. The van der Waals surface area contributed by atoms with E-state index in [4.69, 9.17) is 4.74 Å². The smallest absolute Gasteiger partial charge is 0.189 e. The van der Waals surface area contributed by atoms with E-state index in [0.717, 1.165) is 23.3 Å². The second-order valence-corrected chi connectivity index (χ2v) is 6.74. The van der Waals surface area contributed by atoms with Crippen LogP contribution in [-0.2, 0) is 22.6 Å². The maximum Gasteiger partial charge on any atom is 0.189 e. The summed E-state index contributed by atoms with van der Waals surface area (Å²) in [5, 5.41) is 0. The Morgan fingerprint density at radius 2 is 2.05 bits per heavy atom. The number of methoxy groups -OCH3 is 1. The summed E-state index contributed by atoms with van der Waals surface area (Å²) in [7, 11) is 2.50. The lowest BCUT2D eigenvalue weighted by Crippen LogP contribution is -2.07. The van der Waals surface area contributed by atoms with Gasteiger partial charge in [-0.05, 0) is 30.5 Å². The Morgan fingerprint density at radius 3 is 2.82 bits per heavy atom. The SMILES string of the molecule is COCCCCS(=O)c1cccc(-c2cn(C)ccc2=O)c1. The Hall–Kier alpha value is -1.72. The van der Waals surface area contributed by atoms with Crippen molar-refractivity contribution in [1.29, 1.82) is 0 Å². The van der Waals surface area contributed by atoms with Gasteiger partial charge in [-0.3, -0.25) is 9.00 Å². The van der Waals surface area contributed by atoms with Crippen molar-refractivity contribution >= 4 is 10.8 Å². The van der Waals surface area contributed by atoms with Crippen LogP contribution in [0.15, 0.2) is 52.4 Å². The van der Waals surface area contributed by atoms with E-state index >= 15 is 0 Å². The van der Waals surface area contributed by atoms with Crippen LogP contribution >= 0.6 is 0 Å². The number of nitrogens with zero attached hydrogens (tertiary/aromatic N) is 1. The topological polar surface area (TPSA) is 48.3 Å². The molecule has 0 aliphatic heterocycles. The Morgan fingerprint density at radius 1 is 1.23 bits per heavy atom. The van der Waals surface area contributed by atoms with Gasteiger partial charge < -0.3 is 9.30 Å². The van der Waals surface area contributed by atoms with Crippen LogP contribution in [0.5, 0.6) is 0 Å². The predicted molar refractivity (Wildman–Crippen MR) is 89.5 cm³/mol. The summed E-state index contributed by atoms with van der Waals surface area (Å²) in [6, 6.07) is 8.97. The fraction of sp³-hybridized carbons (Fsp3) is 0.353. The number of hydrogen-bond acceptors (Lipinski definition) is 3. The molecule has 0 saturated heterocycles. The number of ether oxygens (including phenoxy) is 1. The highest BCUT2D eigenvalue weighted by molar-refractivity contribution is 7.85. The van der Waals surface area contributed by atoms with Crippen molar-refractivity contribution in [2.45, 2.75) is 17.7 Å². The normalized spacial score (nSPS) is 12.3. The third kappa shape index (κ3) is 4.39. The summed E-state index contributed by atoms with van der Waals surface area (Å²) in [6.07, 6.45) is 5.28. The van der Waals surface area contributed by atoms with Crippen LogP contribution in [0.4, 0.5) is 0 Å². The van der Waals surface area contributed by atoms with E-state index in [0.29, 0.717) is 17.9 Å². The van der Waals surface area contributed by atoms with Gasteiger partial charge in [-0.25, -0.2) is 0 Å². The third-order valence-corrected chi connectivity index (χ3v) is 4.83. The van der Waals surface area contributed by atoms with Gasteiger partial charge in [-0.2, -0.15) is 0 Å². The maximum absolute atomic E-state index is 12.3. The number of aromatic nitrogens is 1. The number of rotatable bonds is 7. The first-order valence-electron chi connectivity index (χ1n) is 7.26. The number of pyridine rings is 1. The van der Waals surface area contributed by atoms with Crippen molar-refractivity contribution in [3.05, 3.63) is 52.9 Å². The molecule has 1 unspecified atom stereocenters. The van der Waals surface area contributed by atoms with Crippen molar-refractivity contribution in [2.24, 2.45) is 7.05 Å². The highest BCUT2D eigenvalue weighted by atomic mass is 32.2. The molecule has 22 heavy (non-hydrogen) atoms. The summed E-state index contributed by atoms with van der Waals surface area (Å²) in [5.74, 6) is 0.611. The highest BCUT2D eigenvalue weighted by Gasteiger charge is 2.08. The van der Waals surface area contributed by atoms with E-state index in [1.165, 1.54) is 0 Å². The van der Waals surface area contributed by atoms with Crippen LogP contribution in [0.25, 0.3) is 11.1 Å². The van der Waals surface area contributed by atoms with Crippen molar-refractivity contribution < 1.29 is 8.95 Å². The molecule has 1 heterocycles. The number of unbranched alkanes of at least 4 members (excludes halogenated alkanes) is 1. The van der Waals surface area contributed by atoms with E-state index in [-0.39, 0.29) is 5.43 Å². The number of benzene rings is 1. The molecule has 1 atom stereocenters. The number of aryl methyl sites for hydroxylation is 1. The maximum atomic E-state index is 12.3. The lowest BCUT2D eigenvalue weighted by atomic mass is 10.1. The van der Waals surface area contributed by atoms with E-state index in [1.54, 1.807) is 25.6 Å². The van der Waals surface area contributed by atoms with E-state index in [9.17, 15) is 9.00 Å². The van der Waals surface area contributed by atoms with Gasteiger partial charge in [0.05, 0.1) is 10.8 Å². The summed E-state index contributed by atoms with van der Waals surface area (Å²) >= 11 is 0. The second kappa shape index (κ2) is 8.06. The Kier molecular flexibility index (Phi) is 6.10. The summed E-state index contributed by atoms with van der Waals surface area (Å²) in [4.78, 5) is 12.8. The van der Waals surface area contributed by atoms with Gasteiger partial charge in [-0.15, -0.1) is 0 Å².